The molecule has 114 valence electrons. The van der Waals surface area contributed by atoms with Gasteiger partial charge < -0.3 is 0 Å². The second-order valence-electron chi connectivity index (χ2n) is 6.65. The van der Waals surface area contributed by atoms with E-state index in [1.807, 2.05) is 0 Å². The van der Waals surface area contributed by atoms with Gasteiger partial charge in [-0.3, -0.25) is 4.90 Å². The third-order valence-corrected chi connectivity index (χ3v) is 4.78. The van der Waals surface area contributed by atoms with E-state index in [4.69, 9.17) is 0 Å². The Labute approximate surface area is 130 Å². The first-order chi connectivity index (χ1) is 9.97. The highest BCUT2D eigenvalue weighted by molar-refractivity contribution is 5.57. The maximum absolute atomic E-state index is 3.99. The third kappa shape index (κ3) is 4.31. The molecule has 2 atom stereocenters. The van der Waals surface area contributed by atoms with Crippen LogP contribution in [-0.2, 0) is 6.54 Å². The lowest BCUT2D eigenvalue weighted by molar-refractivity contribution is 0.0953. The highest BCUT2D eigenvalue weighted by atomic mass is 15.2. The minimum atomic E-state index is 0.707. The number of allylic oxidation sites excluding steroid dienone is 2. The summed E-state index contributed by atoms with van der Waals surface area (Å²) in [7, 11) is 0. The van der Waals surface area contributed by atoms with Gasteiger partial charge in [-0.15, -0.1) is 0 Å². The van der Waals surface area contributed by atoms with Crippen molar-refractivity contribution in [3.8, 4) is 0 Å². The Kier molecular flexibility index (Phi) is 5.41. The SMILES string of the molecule is C=C(C)/C(C)=C/c1ccc(CN2C(C)CCCC2C)cc1. The zero-order valence-electron chi connectivity index (χ0n) is 14.0. The molecular weight excluding hydrogens is 254 g/mol. The van der Waals surface area contributed by atoms with Crippen LogP contribution in [0.15, 0.2) is 42.0 Å². The Morgan fingerprint density at radius 3 is 2.24 bits per heavy atom. The van der Waals surface area contributed by atoms with E-state index in [0.717, 1.165) is 12.1 Å². The summed E-state index contributed by atoms with van der Waals surface area (Å²) in [5, 5.41) is 0. The van der Waals surface area contributed by atoms with Crippen molar-refractivity contribution < 1.29 is 0 Å². The second kappa shape index (κ2) is 7.09. The van der Waals surface area contributed by atoms with Gasteiger partial charge in [-0.05, 0) is 57.2 Å². The summed E-state index contributed by atoms with van der Waals surface area (Å²) in [6, 6.07) is 10.4. The largest absolute Gasteiger partial charge is 0.294 e. The number of nitrogens with zero attached hydrogens (tertiary/aromatic N) is 1. The van der Waals surface area contributed by atoms with Crippen molar-refractivity contribution in [2.24, 2.45) is 0 Å². The fourth-order valence-electron chi connectivity index (χ4n) is 3.09. The summed E-state index contributed by atoms with van der Waals surface area (Å²) in [5.74, 6) is 0. The second-order valence-corrected chi connectivity index (χ2v) is 6.65. The predicted octanol–water partition coefficient (Wildman–Crippen LogP) is 5.43. The van der Waals surface area contributed by atoms with E-state index < -0.39 is 0 Å². The molecule has 1 aromatic carbocycles. The van der Waals surface area contributed by atoms with E-state index in [1.165, 1.54) is 36.0 Å². The molecule has 1 aromatic rings. The molecule has 0 spiro atoms. The average molecular weight is 283 g/mol. The third-order valence-electron chi connectivity index (χ3n) is 4.78. The zero-order valence-corrected chi connectivity index (χ0v) is 14.0. The van der Waals surface area contributed by atoms with Crippen LogP contribution in [0.1, 0.15) is 58.1 Å². The molecule has 2 unspecified atom stereocenters. The maximum Gasteiger partial charge on any atom is 0.0239 e. The molecule has 0 aliphatic carbocycles. The van der Waals surface area contributed by atoms with Crippen LogP contribution in [0, 0.1) is 0 Å². The molecule has 1 aliphatic rings. The van der Waals surface area contributed by atoms with E-state index in [0.29, 0.717) is 12.1 Å². The molecule has 21 heavy (non-hydrogen) atoms. The van der Waals surface area contributed by atoms with E-state index in [1.54, 1.807) is 0 Å². The van der Waals surface area contributed by atoms with Gasteiger partial charge in [0.25, 0.3) is 0 Å². The molecule has 1 aliphatic heterocycles. The van der Waals surface area contributed by atoms with Crippen LogP contribution in [0.3, 0.4) is 0 Å². The number of piperidine rings is 1. The lowest BCUT2D eigenvalue weighted by Crippen LogP contribution is -2.42. The fourth-order valence-corrected chi connectivity index (χ4v) is 3.09. The number of likely N-dealkylation sites (tertiary alicyclic amines) is 1. The van der Waals surface area contributed by atoms with Crippen LogP contribution in [-0.4, -0.2) is 17.0 Å². The summed E-state index contributed by atoms with van der Waals surface area (Å²) in [5.41, 5.74) is 5.07. The summed E-state index contributed by atoms with van der Waals surface area (Å²) >= 11 is 0. The van der Waals surface area contributed by atoms with Crippen LogP contribution < -0.4 is 0 Å². The van der Waals surface area contributed by atoms with Crippen molar-refractivity contribution in [1.29, 1.82) is 0 Å². The van der Waals surface area contributed by atoms with Crippen LogP contribution in [0.2, 0.25) is 0 Å². The Bertz CT molecular complexity index is 499. The highest BCUT2D eigenvalue weighted by Crippen LogP contribution is 2.24. The maximum atomic E-state index is 3.99. The van der Waals surface area contributed by atoms with Crippen molar-refractivity contribution in [1.82, 2.24) is 4.90 Å². The lowest BCUT2D eigenvalue weighted by atomic mass is 9.96. The first-order valence-corrected chi connectivity index (χ1v) is 8.16. The van der Waals surface area contributed by atoms with Crippen molar-refractivity contribution in [2.75, 3.05) is 0 Å². The molecule has 2 rings (SSSR count). The molecule has 1 heterocycles. The number of benzene rings is 1. The van der Waals surface area contributed by atoms with E-state index >= 15 is 0 Å². The summed E-state index contributed by atoms with van der Waals surface area (Å²) in [4.78, 5) is 2.65. The number of rotatable bonds is 4. The molecule has 0 aromatic heterocycles. The molecule has 0 amide bonds. The van der Waals surface area contributed by atoms with Gasteiger partial charge in [0.2, 0.25) is 0 Å². The molecule has 0 saturated carbocycles. The first-order valence-electron chi connectivity index (χ1n) is 8.16. The van der Waals surface area contributed by atoms with Crippen molar-refractivity contribution in [3.63, 3.8) is 0 Å². The summed E-state index contributed by atoms with van der Waals surface area (Å²) < 4.78 is 0. The molecule has 0 N–H and O–H groups in total. The van der Waals surface area contributed by atoms with Crippen LogP contribution in [0.5, 0.6) is 0 Å². The molecule has 0 bridgehead atoms. The predicted molar refractivity (Wildman–Crippen MR) is 93.2 cm³/mol. The molecule has 1 saturated heterocycles. The smallest absolute Gasteiger partial charge is 0.0239 e. The van der Waals surface area contributed by atoms with Crippen molar-refractivity contribution >= 4 is 6.08 Å². The Balaban J connectivity index is 2.05. The summed E-state index contributed by atoms with van der Waals surface area (Å²) in [6.45, 7) is 14.0. The molecule has 1 heteroatoms. The molecule has 1 nitrogen and oxygen atoms in total. The van der Waals surface area contributed by atoms with Gasteiger partial charge in [0, 0.05) is 18.6 Å². The number of hydrogen-bond acceptors (Lipinski definition) is 1. The van der Waals surface area contributed by atoms with Gasteiger partial charge in [-0.2, -0.15) is 0 Å². The zero-order chi connectivity index (χ0) is 15.4. The topological polar surface area (TPSA) is 3.24 Å². The van der Waals surface area contributed by atoms with Crippen molar-refractivity contribution in [2.45, 2.75) is 65.6 Å². The van der Waals surface area contributed by atoms with Crippen LogP contribution >= 0.6 is 0 Å². The van der Waals surface area contributed by atoms with Gasteiger partial charge in [-0.25, -0.2) is 0 Å². The lowest BCUT2D eigenvalue weighted by Gasteiger charge is -2.39. The molecule has 0 radical (unpaired) electrons. The quantitative estimate of drug-likeness (QED) is 0.666. The van der Waals surface area contributed by atoms with E-state index in [9.17, 15) is 0 Å². The van der Waals surface area contributed by atoms with Gasteiger partial charge in [0.05, 0.1) is 0 Å². The van der Waals surface area contributed by atoms with Gasteiger partial charge >= 0.3 is 0 Å². The Hall–Kier alpha value is -1.34. The van der Waals surface area contributed by atoms with E-state index in [-0.39, 0.29) is 0 Å². The standard InChI is InChI=1S/C20H29N/c1-15(2)16(3)13-19-9-11-20(12-10-19)14-21-17(4)7-6-8-18(21)5/h9-13,17-18H,1,6-8,14H2,2-5H3/b16-13+. The molecular formula is C20H29N. The van der Waals surface area contributed by atoms with Crippen LogP contribution in [0.25, 0.3) is 6.08 Å². The van der Waals surface area contributed by atoms with Gasteiger partial charge in [0.1, 0.15) is 0 Å². The highest BCUT2D eigenvalue weighted by Gasteiger charge is 2.24. The monoisotopic (exact) mass is 283 g/mol. The van der Waals surface area contributed by atoms with Crippen molar-refractivity contribution in [3.05, 3.63) is 53.1 Å². The summed E-state index contributed by atoms with van der Waals surface area (Å²) in [6.07, 6.45) is 6.26. The Morgan fingerprint density at radius 2 is 1.71 bits per heavy atom. The van der Waals surface area contributed by atoms with E-state index in [2.05, 4.69) is 69.5 Å². The molecule has 1 fully saturated rings. The minimum Gasteiger partial charge on any atom is -0.294 e. The van der Waals surface area contributed by atoms with Crippen LogP contribution in [0.4, 0.5) is 0 Å². The van der Waals surface area contributed by atoms with Gasteiger partial charge in [-0.1, -0.05) is 48.9 Å². The van der Waals surface area contributed by atoms with Gasteiger partial charge in [0.15, 0.2) is 0 Å². The normalized spacial score (nSPS) is 24.1. The Morgan fingerprint density at radius 1 is 1.14 bits per heavy atom. The number of hydrogen-bond donors (Lipinski definition) is 0. The minimum absolute atomic E-state index is 0.707. The first kappa shape index (κ1) is 16.0. The fraction of sp³-hybridized carbons (Fsp3) is 0.500. The average Bonchev–Trinajstić information content (AvgIpc) is 2.44.